The van der Waals surface area contributed by atoms with Gasteiger partial charge in [0.25, 0.3) is 0 Å². The van der Waals surface area contributed by atoms with Gasteiger partial charge in [0.2, 0.25) is 6.17 Å². The predicted molar refractivity (Wildman–Crippen MR) is 125 cm³/mol. The molecule has 1 nitrogen and oxygen atoms in total. The molecule has 0 heterocycles. The Kier molecular flexibility index (Phi) is 8.75. The van der Waals surface area contributed by atoms with Crippen LogP contribution in [0, 0.1) is 5.92 Å². The summed E-state index contributed by atoms with van der Waals surface area (Å²) in [5.41, 5.74) is 2.73. The highest BCUT2D eigenvalue weighted by Crippen LogP contribution is 2.38. The van der Waals surface area contributed by atoms with Gasteiger partial charge >= 0.3 is 6.11 Å². The maximum absolute atomic E-state index is 14.5. The van der Waals surface area contributed by atoms with Crippen molar-refractivity contribution < 1.29 is 17.9 Å². The third kappa shape index (κ3) is 6.59. The highest BCUT2D eigenvalue weighted by Gasteiger charge is 2.42. The van der Waals surface area contributed by atoms with E-state index in [1.807, 2.05) is 24.3 Å². The van der Waals surface area contributed by atoms with Crippen molar-refractivity contribution >= 4 is 0 Å². The number of allylic oxidation sites excluding steroid dienone is 3. The molecule has 0 radical (unpaired) electrons. The van der Waals surface area contributed by atoms with Gasteiger partial charge in [0, 0.05) is 0 Å². The first kappa shape index (κ1) is 24.3. The Morgan fingerprint density at radius 2 is 1.62 bits per heavy atom. The molecule has 0 N–H and O–H groups in total. The lowest BCUT2D eigenvalue weighted by Gasteiger charge is -2.27. The number of benzene rings is 2. The Hall–Kier alpha value is -2.33. The molecule has 2 aromatic carbocycles. The molecule has 1 atom stereocenters. The lowest BCUT2D eigenvalue weighted by atomic mass is 9.78. The fraction of sp³-hybridized carbons (Fsp3) is 0.429. The monoisotopic (exact) mass is 442 g/mol. The van der Waals surface area contributed by atoms with Crippen molar-refractivity contribution in [2.24, 2.45) is 5.92 Å². The summed E-state index contributed by atoms with van der Waals surface area (Å²) >= 11 is 0. The molecule has 32 heavy (non-hydrogen) atoms. The number of alkyl halides is 3. The van der Waals surface area contributed by atoms with E-state index in [9.17, 15) is 13.2 Å². The van der Waals surface area contributed by atoms with Gasteiger partial charge in [-0.1, -0.05) is 66.8 Å². The minimum Gasteiger partial charge on any atom is -0.313 e. The van der Waals surface area contributed by atoms with Crippen LogP contribution in [0.15, 0.2) is 73.3 Å². The van der Waals surface area contributed by atoms with Gasteiger partial charge in [-0.25, -0.2) is 4.39 Å². The van der Waals surface area contributed by atoms with Gasteiger partial charge in [-0.05, 0) is 79.5 Å². The number of ether oxygens (including phenoxy) is 1. The first-order chi connectivity index (χ1) is 15.4. The second-order valence-electron chi connectivity index (χ2n) is 8.66. The quantitative estimate of drug-likeness (QED) is 0.335. The highest BCUT2D eigenvalue weighted by molar-refractivity contribution is 5.27. The van der Waals surface area contributed by atoms with Gasteiger partial charge < -0.3 is 4.74 Å². The molecule has 1 unspecified atom stereocenters. The van der Waals surface area contributed by atoms with E-state index < -0.39 is 12.3 Å². The molecule has 1 aliphatic carbocycles. The first-order valence-electron chi connectivity index (χ1n) is 11.5. The molecule has 1 saturated carbocycles. The molecule has 0 amide bonds. The Labute approximate surface area is 190 Å². The summed E-state index contributed by atoms with van der Waals surface area (Å²) in [5.74, 6) is 1.18. The van der Waals surface area contributed by atoms with E-state index in [4.69, 9.17) is 4.74 Å². The third-order valence-electron chi connectivity index (χ3n) is 6.32. The van der Waals surface area contributed by atoms with Crippen molar-refractivity contribution in [3.8, 4) is 0 Å². The minimum atomic E-state index is -3.90. The van der Waals surface area contributed by atoms with Crippen molar-refractivity contribution in [2.75, 3.05) is 0 Å². The van der Waals surface area contributed by atoms with E-state index in [0.29, 0.717) is 17.4 Å². The summed E-state index contributed by atoms with van der Waals surface area (Å²) < 4.78 is 47.9. The van der Waals surface area contributed by atoms with E-state index in [0.717, 1.165) is 31.2 Å². The van der Waals surface area contributed by atoms with E-state index in [1.54, 1.807) is 18.2 Å². The standard InChI is InChI=1S/C28H33F3O/c1-3-5-7-22-10-18-26(19-11-22)27(29)28(30,31)32-20-23-12-16-25(17-13-23)24-14-8-21(6-4-2)9-15-24/h3-4,6,10-13,16-19,21,24,27H,1,5,7-9,14-15,20H2,2H3/b6-4+. The second kappa shape index (κ2) is 11.5. The van der Waals surface area contributed by atoms with Crippen LogP contribution in [-0.2, 0) is 17.8 Å². The lowest BCUT2D eigenvalue weighted by molar-refractivity contribution is -0.282. The van der Waals surface area contributed by atoms with Crippen LogP contribution in [-0.4, -0.2) is 6.11 Å². The summed E-state index contributed by atoms with van der Waals surface area (Å²) in [5, 5.41) is 0. The normalized spacial score (nSPS) is 20.4. The first-order valence-corrected chi connectivity index (χ1v) is 11.5. The summed E-state index contributed by atoms with van der Waals surface area (Å²) in [4.78, 5) is 0. The van der Waals surface area contributed by atoms with Crippen LogP contribution >= 0.6 is 0 Å². The Morgan fingerprint density at radius 3 is 2.22 bits per heavy atom. The Balaban J connectivity index is 1.53. The smallest absolute Gasteiger partial charge is 0.313 e. The molecular weight excluding hydrogens is 409 g/mol. The zero-order chi connectivity index (χ0) is 23.0. The Bertz CT molecular complexity index is 863. The largest absolute Gasteiger partial charge is 0.391 e. The molecule has 1 aliphatic rings. The zero-order valence-electron chi connectivity index (χ0n) is 18.8. The lowest BCUT2D eigenvalue weighted by Crippen LogP contribution is -2.27. The van der Waals surface area contributed by atoms with Crippen molar-refractivity contribution in [1.82, 2.24) is 0 Å². The minimum absolute atomic E-state index is 0.0822. The summed E-state index contributed by atoms with van der Waals surface area (Å²) in [6.07, 6.45) is 5.96. The number of aryl methyl sites for hydroxylation is 1. The molecular formula is C28H33F3O. The fourth-order valence-electron chi connectivity index (χ4n) is 4.37. The number of hydrogen-bond donors (Lipinski definition) is 0. The van der Waals surface area contributed by atoms with Gasteiger partial charge in [0.1, 0.15) is 0 Å². The van der Waals surface area contributed by atoms with Gasteiger partial charge in [0.05, 0.1) is 6.61 Å². The highest BCUT2D eigenvalue weighted by atomic mass is 19.3. The summed E-state index contributed by atoms with van der Waals surface area (Å²) in [6.45, 7) is 5.38. The molecule has 4 heteroatoms. The van der Waals surface area contributed by atoms with Crippen molar-refractivity contribution in [2.45, 2.75) is 70.3 Å². The number of rotatable bonds is 10. The van der Waals surface area contributed by atoms with Crippen molar-refractivity contribution in [3.63, 3.8) is 0 Å². The van der Waals surface area contributed by atoms with E-state index in [2.05, 4.69) is 25.7 Å². The van der Waals surface area contributed by atoms with Crippen LogP contribution in [0.2, 0.25) is 0 Å². The van der Waals surface area contributed by atoms with Gasteiger partial charge in [-0.15, -0.1) is 6.58 Å². The third-order valence-corrected chi connectivity index (χ3v) is 6.32. The van der Waals surface area contributed by atoms with Gasteiger partial charge in [-0.3, -0.25) is 0 Å². The van der Waals surface area contributed by atoms with Gasteiger partial charge in [0.15, 0.2) is 0 Å². The molecule has 0 bridgehead atoms. The molecule has 0 aromatic heterocycles. The zero-order valence-corrected chi connectivity index (χ0v) is 18.8. The Morgan fingerprint density at radius 1 is 1.00 bits per heavy atom. The molecule has 2 aromatic rings. The fourth-order valence-corrected chi connectivity index (χ4v) is 4.37. The van der Waals surface area contributed by atoms with Crippen LogP contribution in [0.5, 0.6) is 0 Å². The van der Waals surface area contributed by atoms with E-state index >= 15 is 0 Å². The van der Waals surface area contributed by atoms with E-state index in [-0.39, 0.29) is 12.2 Å². The van der Waals surface area contributed by atoms with Crippen LogP contribution in [0.1, 0.15) is 73.4 Å². The van der Waals surface area contributed by atoms with Crippen LogP contribution in [0.4, 0.5) is 13.2 Å². The summed E-state index contributed by atoms with van der Waals surface area (Å²) in [7, 11) is 0. The number of hydrogen-bond acceptors (Lipinski definition) is 1. The molecule has 172 valence electrons. The molecule has 1 fully saturated rings. The van der Waals surface area contributed by atoms with Crippen LogP contribution < -0.4 is 0 Å². The average Bonchev–Trinajstić information content (AvgIpc) is 2.82. The predicted octanol–water partition coefficient (Wildman–Crippen LogP) is 8.48. The van der Waals surface area contributed by atoms with Gasteiger partial charge in [-0.2, -0.15) is 8.78 Å². The average molecular weight is 443 g/mol. The summed E-state index contributed by atoms with van der Waals surface area (Å²) in [6, 6.07) is 13.8. The number of halogens is 3. The molecule has 0 saturated heterocycles. The molecule has 3 rings (SSSR count). The van der Waals surface area contributed by atoms with Crippen LogP contribution in [0.25, 0.3) is 0 Å². The topological polar surface area (TPSA) is 9.23 Å². The SMILES string of the molecule is C=CCCc1ccc(C(F)C(F)(F)OCc2ccc(C3CCC(/C=C/C)CC3)cc2)cc1. The maximum atomic E-state index is 14.5. The van der Waals surface area contributed by atoms with Crippen molar-refractivity contribution in [3.05, 3.63) is 95.6 Å². The van der Waals surface area contributed by atoms with Crippen LogP contribution in [0.3, 0.4) is 0 Å². The molecule has 0 spiro atoms. The van der Waals surface area contributed by atoms with E-state index in [1.165, 1.54) is 30.5 Å². The van der Waals surface area contributed by atoms with Crippen molar-refractivity contribution in [1.29, 1.82) is 0 Å². The maximum Gasteiger partial charge on any atom is 0.391 e. The molecule has 0 aliphatic heterocycles. The second-order valence-corrected chi connectivity index (χ2v) is 8.66.